The fourth-order valence-corrected chi connectivity index (χ4v) is 4.15. The number of esters is 1. The third-order valence-electron chi connectivity index (χ3n) is 5.91. The van der Waals surface area contributed by atoms with E-state index in [2.05, 4.69) is 15.4 Å². The number of nitrogens with zero attached hydrogens (tertiary/aromatic N) is 3. The molecule has 1 aliphatic rings. The number of ether oxygens (including phenoxy) is 1. The van der Waals surface area contributed by atoms with E-state index in [-0.39, 0.29) is 36.6 Å². The van der Waals surface area contributed by atoms with Crippen molar-refractivity contribution in [2.45, 2.75) is 25.8 Å². The minimum Gasteiger partial charge on any atom is -0.508 e. The molecular weight excluding hydrogens is 430 g/mol. The average molecular weight is 456 g/mol. The topological polar surface area (TPSA) is 114 Å². The van der Waals surface area contributed by atoms with Gasteiger partial charge in [-0.3, -0.25) is 4.79 Å². The van der Waals surface area contributed by atoms with Gasteiger partial charge in [-0.1, -0.05) is 37.3 Å². The first-order valence-electron chi connectivity index (χ1n) is 11.2. The van der Waals surface area contributed by atoms with Crippen molar-refractivity contribution in [3.8, 4) is 16.9 Å². The van der Waals surface area contributed by atoms with Crippen molar-refractivity contribution in [1.82, 2.24) is 9.61 Å². The molecule has 0 radical (unpaired) electrons. The van der Waals surface area contributed by atoms with Crippen LogP contribution >= 0.6 is 0 Å². The minimum absolute atomic E-state index is 0.180. The normalized spacial score (nSPS) is 16.1. The second kappa shape index (κ2) is 8.90. The van der Waals surface area contributed by atoms with E-state index in [0.717, 1.165) is 27.9 Å². The van der Waals surface area contributed by atoms with Crippen molar-refractivity contribution in [1.29, 1.82) is 0 Å². The van der Waals surface area contributed by atoms with Gasteiger partial charge in [0.2, 0.25) is 0 Å². The molecular formula is C26H25N5O3. The molecule has 1 aliphatic heterocycles. The highest BCUT2D eigenvalue weighted by Crippen LogP contribution is 2.31. The summed E-state index contributed by atoms with van der Waals surface area (Å²) in [6.45, 7) is 2.28. The zero-order valence-electron chi connectivity index (χ0n) is 18.7. The van der Waals surface area contributed by atoms with Crippen molar-refractivity contribution < 1.29 is 14.6 Å². The lowest BCUT2D eigenvalue weighted by Gasteiger charge is -2.16. The number of carbonyl (C=O) groups excluding carboxylic acids is 1. The van der Waals surface area contributed by atoms with Gasteiger partial charge >= 0.3 is 5.97 Å². The first-order chi connectivity index (χ1) is 16.5. The molecule has 34 heavy (non-hydrogen) atoms. The molecule has 2 aromatic heterocycles. The Morgan fingerprint density at radius 3 is 2.79 bits per heavy atom. The van der Waals surface area contributed by atoms with E-state index in [1.807, 2.05) is 49.5 Å². The second-order valence-corrected chi connectivity index (χ2v) is 8.25. The van der Waals surface area contributed by atoms with Gasteiger partial charge in [0.05, 0.1) is 41.1 Å². The second-order valence-electron chi connectivity index (χ2n) is 8.25. The van der Waals surface area contributed by atoms with E-state index in [1.165, 1.54) is 0 Å². The molecule has 1 saturated heterocycles. The summed E-state index contributed by atoms with van der Waals surface area (Å²) >= 11 is 0. The number of cyclic esters (lactones) is 1. The summed E-state index contributed by atoms with van der Waals surface area (Å²) < 4.78 is 6.94. The quantitative estimate of drug-likeness (QED) is 0.230. The average Bonchev–Trinajstić information content (AvgIpc) is 3.47. The van der Waals surface area contributed by atoms with E-state index < -0.39 is 0 Å². The standard InChI is InChI=1S/C26H25N5O3/c1-2-16-10-20(32)8-9-22(16)30-26(27)21-13-28-31-14-18(17-6-4-3-5-7-17)11-23(31)25(21)29-19-12-24(33)34-15-19/h3-11,13-14,19,29,32H,2,12,15H2,1H3,(H2,27,30). The number of amidine groups is 1. The van der Waals surface area contributed by atoms with E-state index in [0.29, 0.717) is 17.7 Å². The Bertz CT molecular complexity index is 1390. The zero-order valence-corrected chi connectivity index (χ0v) is 18.7. The molecule has 8 nitrogen and oxygen atoms in total. The van der Waals surface area contributed by atoms with Gasteiger partial charge in [-0.25, -0.2) is 9.51 Å². The Hall–Kier alpha value is -4.33. The Morgan fingerprint density at radius 1 is 1.24 bits per heavy atom. The third kappa shape index (κ3) is 4.17. The lowest BCUT2D eigenvalue weighted by molar-refractivity contribution is -0.137. The number of aryl methyl sites for hydroxylation is 1. The number of nitrogens with two attached hydrogens (primary N) is 1. The number of fused-ring (bicyclic) bond motifs is 1. The largest absolute Gasteiger partial charge is 0.508 e. The van der Waals surface area contributed by atoms with Crippen LogP contribution in [0.25, 0.3) is 16.6 Å². The molecule has 5 rings (SSSR count). The number of hydrogen-bond donors (Lipinski definition) is 3. The molecule has 2 aromatic carbocycles. The number of carbonyl (C=O) groups is 1. The monoisotopic (exact) mass is 455 g/mol. The van der Waals surface area contributed by atoms with E-state index in [9.17, 15) is 9.90 Å². The highest BCUT2D eigenvalue weighted by molar-refractivity contribution is 6.06. The summed E-state index contributed by atoms with van der Waals surface area (Å²) in [7, 11) is 0. The number of aliphatic imine (C=N–C) groups is 1. The maximum absolute atomic E-state index is 11.7. The van der Waals surface area contributed by atoms with Gasteiger partial charge in [-0.2, -0.15) is 5.10 Å². The van der Waals surface area contributed by atoms with E-state index in [1.54, 1.807) is 28.9 Å². The molecule has 4 N–H and O–H groups in total. The van der Waals surface area contributed by atoms with Crippen LogP contribution in [0.2, 0.25) is 0 Å². The molecule has 1 fully saturated rings. The number of phenolic OH excluding ortho intramolecular Hbond substituents is 1. The molecule has 1 unspecified atom stereocenters. The molecule has 0 saturated carbocycles. The summed E-state index contributed by atoms with van der Waals surface area (Å²) in [4.78, 5) is 16.4. The van der Waals surface area contributed by atoms with Gasteiger partial charge in [0.25, 0.3) is 0 Å². The third-order valence-corrected chi connectivity index (χ3v) is 5.91. The van der Waals surface area contributed by atoms with E-state index in [4.69, 9.17) is 10.5 Å². The molecule has 0 amide bonds. The fraction of sp³-hybridized carbons (Fsp3) is 0.192. The zero-order chi connectivity index (χ0) is 23.7. The van der Waals surface area contributed by atoms with Crippen LogP contribution < -0.4 is 11.1 Å². The lowest BCUT2D eigenvalue weighted by atomic mass is 10.1. The number of anilines is 1. The maximum Gasteiger partial charge on any atom is 0.308 e. The van der Waals surface area contributed by atoms with Crippen LogP contribution in [0.4, 0.5) is 11.4 Å². The van der Waals surface area contributed by atoms with Gasteiger partial charge in [-0.05, 0) is 41.8 Å². The fourth-order valence-electron chi connectivity index (χ4n) is 4.15. The summed E-state index contributed by atoms with van der Waals surface area (Å²) in [6, 6.07) is 16.9. The van der Waals surface area contributed by atoms with E-state index >= 15 is 0 Å². The van der Waals surface area contributed by atoms with Crippen LogP contribution in [-0.2, 0) is 16.0 Å². The highest BCUT2D eigenvalue weighted by Gasteiger charge is 2.26. The van der Waals surface area contributed by atoms with Gasteiger partial charge in [0.15, 0.2) is 0 Å². The Labute approximate surface area is 196 Å². The Kier molecular flexibility index (Phi) is 5.63. The van der Waals surface area contributed by atoms with Gasteiger partial charge in [-0.15, -0.1) is 0 Å². The minimum atomic E-state index is -0.234. The van der Waals surface area contributed by atoms with Crippen LogP contribution in [0.5, 0.6) is 5.75 Å². The summed E-state index contributed by atoms with van der Waals surface area (Å²) in [5, 5.41) is 17.8. The summed E-state index contributed by atoms with van der Waals surface area (Å²) in [6.07, 6.45) is 4.60. The van der Waals surface area contributed by atoms with Crippen molar-refractivity contribution in [3.05, 3.63) is 78.1 Å². The van der Waals surface area contributed by atoms with Gasteiger partial charge in [0.1, 0.15) is 18.2 Å². The molecule has 0 spiro atoms. The van der Waals surface area contributed by atoms with Gasteiger partial charge < -0.3 is 20.9 Å². The Balaban J connectivity index is 1.63. The molecule has 8 heteroatoms. The molecule has 0 aliphatic carbocycles. The molecule has 4 aromatic rings. The number of rotatable bonds is 6. The molecule has 3 heterocycles. The number of aromatic hydroxyl groups is 1. The van der Waals surface area contributed by atoms with Crippen LogP contribution in [0, 0.1) is 0 Å². The van der Waals surface area contributed by atoms with Crippen LogP contribution in [0.1, 0.15) is 24.5 Å². The number of aromatic nitrogens is 2. The highest BCUT2D eigenvalue weighted by atomic mass is 16.5. The lowest BCUT2D eigenvalue weighted by Crippen LogP contribution is -2.24. The van der Waals surface area contributed by atoms with Crippen molar-refractivity contribution in [2.24, 2.45) is 10.7 Å². The molecule has 1 atom stereocenters. The first kappa shape index (κ1) is 21.5. The molecule has 172 valence electrons. The number of phenols is 1. The van der Waals surface area contributed by atoms with Crippen molar-refractivity contribution >= 4 is 28.7 Å². The number of nitrogens with one attached hydrogen (secondary N) is 1. The van der Waals surface area contributed by atoms with Crippen molar-refractivity contribution in [2.75, 3.05) is 11.9 Å². The molecule has 0 bridgehead atoms. The maximum atomic E-state index is 11.7. The van der Waals surface area contributed by atoms with Gasteiger partial charge in [0, 0.05) is 11.8 Å². The predicted octanol–water partition coefficient (Wildman–Crippen LogP) is 4.03. The smallest absolute Gasteiger partial charge is 0.308 e. The predicted molar refractivity (Wildman–Crippen MR) is 131 cm³/mol. The SMILES string of the molecule is CCc1cc(O)ccc1N=C(N)c1cnn2cc(-c3ccccc3)cc2c1NC1COC(=O)C1. The van der Waals surface area contributed by atoms with Crippen LogP contribution in [0.15, 0.2) is 72.0 Å². The van der Waals surface area contributed by atoms with Crippen LogP contribution in [0.3, 0.4) is 0 Å². The van der Waals surface area contributed by atoms with Crippen molar-refractivity contribution in [3.63, 3.8) is 0 Å². The number of benzene rings is 2. The van der Waals surface area contributed by atoms with Crippen LogP contribution in [-0.4, -0.2) is 39.2 Å². The summed E-state index contributed by atoms with van der Waals surface area (Å²) in [5.41, 5.74) is 12.3. The number of hydrogen-bond acceptors (Lipinski definition) is 6. The first-order valence-corrected chi connectivity index (χ1v) is 11.2. The summed E-state index contributed by atoms with van der Waals surface area (Å²) in [5.74, 6) is 0.237. The Morgan fingerprint density at radius 2 is 2.06 bits per heavy atom.